The standard InChI is InChI=1S/C13H21N3O4S2.ClH/c1-10(14-2)9-15-21(17,18)12-5-7-13(8-6-12)22(19,20)16-11-3-4-11;/h5-8,10-11,14-16H,3-4,9H2,1-2H3;1H. The van der Waals surface area contributed by atoms with Gasteiger partial charge in [-0.15, -0.1) is 12.4 Å². The molecule has 0 bridgehead atoms. The van der Waals surface area contributed by atoms with Crippen molar-refractivity contribution in [2.45, 2.75) is 41.6 Å². The summed E-state index contributed by atoms with van der Waals surface area (Å²) in [7, 11) is -5.47. The summed E-state index contributed by atoms with van der Waals surface area (Å²) in [5.74, 6) is 0. The van der Waals surface area contributed by atoms with Crippen LogP contribution in [0.4, 0.5) is 0 Å². The first-order valence-corrected chi connectivity index (χ1v) is 10.0. The van der Waals surface area contributed by atoms with Crippen molar-refractivity contribution in [3.05, 3.63) is 24.3 Å². The normalized spacial score (nSPS) is 16.6. The summed E-state index contributed by atoms with van der Waals surface area (Å²) in [5.41, 5.74) is 0. The lowest BCUT2D eigenvalue weighted by molar-refractivity contribution is 0.554. The molecule has 1 fully saturated rings. The van der Waals surface area contributed by atoms with Crippen molar-refractivity contribution in [3.8, 4) is 0 Å². The van der Waals surface area contributed by atoms with E-state index in [0.29, 0.717) is 0 Å². The summed E-state index contributed by atoms with van der Waals surface area (Å²) in [6.07, 6.45) is 1.69. The fourth-order valence-electron chi connectivity index (χ4n) is 1.71. The molecule has 1 saturated carbocycles. The van der Waals surface area contributed by atoms with E-state index in [0.717, 1.165) is 12.8 Å². The second-order valence-electron chi connectivity index (χ2n) is 5.41. The minimum Gasteiger partial charge on any atom is -0.316 e. The van der Waals surface area contributed by atoms with Crippen molar-refractivity contribution < 1.29 is 16.8 Å². The molecule has 1 aliphatic rings. The SMILES string of the molecule is CNC(C)CNS(=O)(=O)c1ccc(S(=O)(=O)NC2CC2)cc1.Cl. The highest BCUT2D eigenvalue weighted by molar-refractivity contribution is 7.90. The average molecular weight is 384 g/mol. The van der Waals surface area contributed by atoms with Gasteiger partial charge in [0.2, 0.25) is 20.0 Å². The number of rotatable bonds is 8. The van der Waals surface area contributed by atoms with E-state index in [2.05, 4.69) is 14.8 Å². The van der Waals surface area contributed by atoms with E-state index in [1.165, 1.54) is 24.3 Å². The molecule has 7 nitrogen and oxygen atoms in total. The predicted molar refractivity (Wildman–Crippen MR) is 90.7 cm³/mol. The highest BCUT2D eigenvalue weighted by atomic mass is 35.5. The maximum absolute atomic E-state index is 12.1. The third kappa shape index (κ3) is 5.70. The number of hydrogen-bond acceptors (Lipinski definition) is 5. The first-order chi connectivity index (χ1) is 10.2. The third-order valence-corrected chi connectivity index (χ3v) is 6.39. The quantitative estimate of drug-likeness (QED) is 0.604. The average Bonchev–Trinajstić information content (AvgIpc) is 3.28. The van der Waals surface area contributed by atoms with Gasteiger partial charge in [-0.2, -0.15) is 0 Å². The summed E-state index contributed by atoms with van der Waals surface area (Å²) >= 11 is 0. The third-order valence-electron chi connectivity index (χ3n) is 3.42. The Morgan fingerprint density at radius 2 is 1.52 bits per heavy atom. The van der Waals surface area contributed by atoms with Crippen LogP contribution in [0.1, 0.15) is 19.8 Å². The number of nitrogens with one attached hydrogen (secondary N) is 3. The highest BCUT2D eigenvalue weighted by Gasteiger charge is 2.28. The Morgan fingerprint density at radius 1 is 1.04 bits per heavy atom. The molecule has 1 aliphatic carbocycles. The maximum Gasteiger partial charge on any atom is 0.240 e. The number of benzene rings is 1. The van der Waals surface area contributed by atoms with Crippen LogP contribution >= 0.6 is 12.4 Å². The summed E-state index contributed by atoms with van der Waals surface area (Å²) in [5, 5.41) is 2.93. The van der Waals surface area contributed by atoms with Gasteiger partial charge in [0.05, 0.1) is 9.79 Å². The van der Waals surface area contributed by atoms with Crippen molar-refractivity contribution >= 4 is 32.5 Å². The van der Waals surface area contributed by atoms with Crippen LogP contribution < -0.4 is 14.8 Å². The molecule has 0 saturated heterocycles. The van der Waals surface area contributed by atoms with E-state index in [9.17, 15) is 16.8 Å². The minimum absolute atomic E-state index is 0. The van der Waals surface area contributed by atoms with Gasteiger partial charge in [0, 0.05) is 18.6 Å². The minimum atomic E-state index is -3.64. The molecule has 2 rings (SSSR count). The van der Waals surface area contributed by atoms with Crippen molar-refractivity contribution in [1.29, 1.82) is 0 Å². The van der Waals surface area contributed by atoms with Crippen molar-refractivity contribution in [1.82, 2.24) is 14.8 Å². The molecule has 1 aromatic rings. The largest absolute Gasteiger partial charge is 0.316 e. The summed E-state index contributed by atoms with van der Waals surface area (Å²) in [6.45, 7) is 2.10. The van der Waals surface area contributed by atoms with Crippen molar-refractivity contribution in [2.75, 3.05) is 13.6 Å². The fourth-order valence-corrected chi connectivity index (χ4v) is 4.14. The molecule has 0 spiro atoms. The zero-order chi connectivity index (χ0) is 16.4. The van der Waals surface area contributed by atoms with E-state index in [1.54, 1.807) is 7.05 Å². The lowest BCUT2D eigenvalue weighted by Gasteiger charge is -2.12. The molecule has 0 amide bonds. The molecule has 1 unspecified atom stereocenters. The summed E-state index contributed by atoms with van der Waals surface area (Å²) < 4.78 is 53.2. The molecule has 1 atom stereocenters. The van der Waals surface area contributed by atoms with Gasteiger partial charge in [-0.3, -0.25) is 0 Å². The monoisotopic (exact) mass is 383 g/mol. The Hall–Kier alpha value is -0.710. The van der Waals surface area contributed by atoms with Gasteiger partial charge in [-0.25, -0.2) is 26.3 Å². The van der Waals surface area contributed by atoms with Gasteiger partial charge in [0.1, 0.15) is 0 Å². The number of halogens is 1. The van der Waals surface area contributed by atoms with E-state index in [-0.39, 0.29) is 40.8 Å². The molecule has 1 aromatic carbocycles. The highest BCUT2D eigenvalue weighted by Crippen LogP contribution is 2.22. The Labute approximate surface area is 143 Å². The Balaban J connectivity index is 0.00000264. The van der Waals surface area contributed by atoms with E-state index in [4.69, 9.17) is 0 Å². The second kappa shape index (κ2) is 7.91. The van der Waals surface area contributed by atoms with Crippen molar-refractivity contribution in [3.63, 3.8) is 0 Å². The Kier molecular flexibility index (Phi) is 6.99. The van der Waals surface area contributed by atoms with E-state index >= 15 is 0 Å². The molecular weight excluding hydrogens is 362 g/mol. The number of sulfonamides is 2. The lowest BCUT2D eigenvalue weighted by Crippen LogP contribution is -2.37. The number of hydrogen-bond donors (Lipinski definition) is 3. The zero-order valence-electron chi connectivity index (χ0n) is 12.9. The predicted octanol–water partition coefficient (Wildman–Crippen LogP) is 0.435. The topological polar surface area (TPSA) is 104 Å². The Bertz CT molecular complexity index is 716. The van der Waals surface area contributed by atoms with E-state index < -0.39 is 20.0 Å². The van der Waals surface area contributed by atoms with Gasteiger partial charge < -0.3 is 5.32 Å². The van der Waals surface area contributed by atoms with Gasteiger partial charge >= 0.3 is 0 Å². The second-order valence-corrected chi connectivity index (χ2v) is 8.89. The molecular formula is C13H22ClN3O4S2. The molecule has 0 heterocycles. The van der Waals surface area contributed by atoms with Gasteiger partial charge in [0.25, 0.3) is 0 Å². The van der Waals surface area contributed by atoms with Crippen LogP contribution in [0.15, 0.2) is 34.1 Å². The van der Waals surface area contributed by atoms with Gasteiger partial charge in [-0.1, -0.05) is 0 Å². The van der Waals surface area contributed by atoms with E-state index in [1.807, 2.05) is 6.92 Å². The fraction of sp³-hybridized carbons (Fsp3) is 0.538. The summed E-state index contributed by atoms with van der Waals surface area (Å²) in [6, 6.07) is 5.22. The first-order valence-electron chi connectivity index (χ1n) is 7.04. The molecule has 0 radical (unpaired) electrons. The molecule has 10 heteroatoms. The number of likely N-dealkylation sites (N-methyl/N-ethyl adjacent to an activating group) is 1. The van der Waals surface area contributed by atoms with Gasteiger partial charge in [0.15, 0.2) is 0 Å². The Morgan fingerprint density at radius 3 is 1.96 bits per heavy atom. The molecule has 3 N–H and O–H groups in total. The zero-order valence-corrected chi connectivity index (χ0v) is 15.4. The molecule has 132 valence electrons. The first kappa shape index (κ1) is 20.3. The molecule has 23 heavy (non-hydrogen) atoms. The van der Waals surface area contributed by atoms with Crippen LogP contribution in [0.2, 0.25) is 0 Å². The smallest absolute Gasteiger partial charge is 0.240 e. The molecule has 0 aromatic heterocycles. The van der Waals surface area contributed by atoms with Crippen LogP contribution in [0.3, 0.4) is 0 Å². The van der Waals surface area contributed by atoms with Crippen LogP contribution in [-0.2, 0) is 20.0 Å². The summed E-state index contributed by atoms with van der Waals surface area (Å²) in [4.78, 5) is 0.114. The maximum atomic E-state index is 12.1. The van der Waals surface area contributed by atoms with Crippen LogP contribution in [-0.4, -0.2) is 42.5 Å². The van der Waals surface area contributed by atoms with Gasteiger partial charge in [-0.05, 0) is 51.1 Å². The van der Waals surface area contributed by atoms with Crippen molar-refractivity contribution in [2.24, 2.45) is 0 Å². The molecule has 0 aliphatic heterocycles. The lowest BCUT2D eigenvalue weighted by atomic mass is 10.4. The van der Waals surface area contributed by atoms with Crippen LogP contribution in [0.25, 0.3) is 0 Å². The van der Waals surface area contributed by atoms with Crippen LogP contribution in [0, 0.1) is 0 Å². The van der Waals surface area contributed by atoms with Crippen LogP contribution in [0.5, 0.6) is 0 Å².